The highest BCUT2D eigenvalue weighted by molar-refractivity contribution is 6.08. The SMILES string of the molecule is CC(C)c1cc(-c2ccccc2)cc(C(C)C)c1-n1c(-c2ccc3ccc4ccccc4c3c2)nc2ccccc21. The minimum absolute atomic E-state index is 0.334. The van der Waals surface area contributed by atoms with Crippen LogP contribution < -0.4 is 0 Å². The summed E-state index contributed by atoms with van der Waals surface area (Å²) in [6, 6.07) is 44.0. The summed E-state index contributed by atoms with van der Waals surface area (Å²) in [5.41, 5.74) is 9.73. The van der Waals surface area contributed by atoms with Crippen molar-refractivity contribution in [3.05, 3.63) is 132 Å². The van der Waals surface area contributed by atoms with Gasteiger partial charge in [-0.3, -0.25) is 4.57 Å². The van der Waals surface area contributed by atoms with Crippen LogP contribution in [0.1, 0.15) is 50.7 Å². The average Bonchev–Trinajstić information content (AvgIpc) is 3.39. The maximum Gasteiger partial charge on any atom is 0.145 e. The van der Waals surface area contributed by atoms with Crippen LogP contribution in [0, 0.1) is 0 Å². The third-order valence-corrected chi connectivity index (χ3v) is 8.31. The summed E-state index contributed by atoms with van der Waals surface area (Å²) in [6.07, 6.45) is 0. The Hall–Kier alpha value is -4.69. The van der Waals surface area contributed by atoms with Crippen molar-refractivity contribution in [3.63, 3.8) is 0 Å². The molecule has 0 spiro atoms. The van der Waals surface area contributed by atoms with Gasteiger partial charge in [0.2, 0.25) is 0 Å². The highest BCUT2D eigenvalue weighted by atomic mass is 15.1. The number of aromatic nitrogens is 2. The molecule has 1 heterocycles. The summed E-state index contributed by atoms with van der Waals surface area (Å²) in [5.74, 6) is 1.65. The van der Waals surface area contributed by atoms with Gasteiger partial charge in [-0.1, -0.05) is 119 Å². The number of imidazole rings is 1. The van der Waals surface area contributed by atoms with Gasteiger partial charge in [-0.05, 0) is 86.0 Å². The molecule has 0 saturated heterocycles. The fourth-order valence-corrected chi connectivity index (χ4v) is 6.20. The Balaban J connectivity index is 1.56. The second-order valence-corrected chi connectivity index (χ2v) is 11.7. The van der Waals surface area contributed by atoms with E-state index in [0.717, 1.165) is 22.4 Å². The zero-order chi connectivity index (χ0) is 28.1. The Morgan fingerprint density at radius 2 is 1.12 bits per heavy atom. The first kappa shape index (κ1) is 25.3. The Kier molecular flexibility index (Phi) is 6.20. The summed E-state index contributed by atoms with van der Waals surface area (Å²) >= 11 is 0. The molecule has 2 nitrogen and oxygen atoms in total. The number of hydrogen-bond acceptors (Lipinski definition) is 1. The number of hydrogen-bond donors (Lipinski definition) is 0. The van der Waals surface area contributed by atoms with Crippen LogP contribution in [0.15, 0.2) is 121 Å². The molecule has 0 fully saturated rings. The van der Waals surface area contributed by atoms with Crippen molar-refractivity contribution in [1.29, 1.82) is 0 Å². The van der Waals surface area contributed by atoms with Crippen molar-refractivity contribution >= 4 is 32.6 Å². The van der Waals surface area contributed by atoms with Crippen LogP contribution in [0.5, 0.6) is 0 Å². The van der Waals surface area contributed by atoms with Crippen LogP contribution in [0.3, 0.4) is 0 Å². The molecule has 200 valence electrons. The maximum atomic E-state index is 5.29. The minimum Gasteiger partial charge on any atom is -0.292 e. The molecule has 0 atom stereocenters. The average molecular weight is 531 g/mol. The molecule has 0 aliphatic carbocycles. The van der Waals surface area contributed by atoms with Gasteiger partial charge in [0.1, 0.15) is 5.82 Å². The molecule has 0 amide bonds. The zero-order valence-electron chi connectivity index (χ0n) is 24.1. The van der Waals surface area contributed by atoms with Crippen molar-refractivity contribution < 1.29 is 0 Å². The molecule has 2 heteroatoms. The molecule has 0 aliphatic rings. The molecule has 1 aromatic heterocycles. The van der Waals surface area contributed by atoms with Crippen LogP contribution in [-0.4, -0.2) is 9.55 Å². The van der Waals surface area contributed by atoms with E-state index in [1.54, 1.807) is 0 Å². The van der Waals surface area contributed by atoms with Crippen molar-refractivity contribution in [2.45, 2.75) is 39.5 Å². The van der Waals surface area contributed by atoms with E-state index in [-0.39, 0.29) is 0 Å². The lowest BCUT2D eigenvalue weighted by molar-refractivity contribution is 0.811. The van der Waals surface area contributed by atoms with Gasteiger partial charge in [0, 0.05) is 5.56 Å². The summed E-state index contributed by atoms with van der Waals surface area (Å²) in [4.78, 5) is 5.29. The fourth-order valence-electron chi connectivity index (χ4n) is 6.20. The van der Waals surface area contributed by atoms with Gasteiger partial charge in [0.15, 0.2) is 0 Å². The predicted molar refractivity (Wildman–Crippen MR) is 175 cm³/mol. The van der Waals surface area contributed by atoms with Gasteiger partial charge in [-0.25, -0.2) is 4.98 Å². The van der Waals surface area contributed by atoms with Crippen LogP contribution in [0.4, 0.5) is 0 Å². The first-order valence-corrected chi connectivity index (χ1v) is 14.6. The molecule has 0 saturated carbocycles. The van der Waals surface area contributed by atoms with E-state index in [9.17, 15) is 0 Å². The zero-order valence-corrected chi connectivity index (χ0v) is 24.1. The molecule has 0 bridgehead atoms. The molecule has 0 aliphatic heterocycles. The Bertz CT molecular complexity index is 2020. The lowest BCUT2D eigenvalue weighted by Crippen LogP contribution is -2.09. The molecule has 0 radical (unpaired) electrons. The van der Waals surface area contributed by atoms with Crippen LogP contribution in [0.25, 0.3) is 60.8 Å². The van der Waals surface area contributed by atoms with Crippen LogP contribution in [0.2, 0.25) is 0 Å². The summed E-state index contributed by atoms with van der Waals surface area (Å²) in [5, 5.41) is 5.03. The Morgan fingerprint density at radius 1 is 0.512 bits per heavy atom. The van der Waals surface area contributed by atoms with E-state index in [1.165, 1.54) is 49.5 Å². The van der Waals surface area contributed by atoms with Gasteiger partial charge >= 0.3 is 0 Å². The topological polar surface area (TPSA) is 17.8 Å². The third-order valence-electron chi connectivity index (χ3n) is 8.31. The van der Waals surface area contributed by atoms with Gasteiger partial charge in [0.05, 0.1) is 16.7 Å². The third kappa shape index (κ3) is 4.31. The fraction of sp³-hybridized carbons (Fsp3) is 0.154. The van der Waals surface area contributed by atoms with E-state index >= 15 is 0 Å². The van der Waals surface area contributed by atoms with Crippen LogP contribution >= 0.6 is 0 Å². The quantitative estimate of drug-likeness (QED) is 0.202. The van der Waals surface area contributed by atoms with Gasteiger partial charge in [-0.15, -0.1) is 0 Å². The Morgan fingerprint density at radius 3 is 1.85 bits per heavy atom. The number of rotatable bonds is 5. The normalized spacial score (nSPS) is 11.9. The number of para-hydroxylation sites is 2. The monoisotopic (exact) mass is 530 g/mol. The standard InChI is InChI=1S/C39H34N2/c1-25(2)33-23-31(27-12-6-5-7-13-27)24-34(26(3)4)38(33)41-37-17-11-10-16-36(37)40-39(41)30-21-20-29-19-18-28-14-8-9-15-32(28)35(29)22-30/h5-26H,1-4H3. The molecular weight excluding hydrogens is 496 g/mol. The molecule has 7 rings (SSSR count). The molecule has 41 heavy (non-hydrogen) atoms. The first-order chi connectivity index (χ1) is 20.0. The van der Waals surface area contributed by atoms with E-state index in [1.807, 2.05) is 0 Å². The van der Waals surface area contributed by atoms with Gasteiger partial charge < -0.3 is 0 Å². The molecule has 7 aromatic rings. The molecular formula is C39H34N2. The van der Waals surface area contributed by atoms with Crippen molar-refractivity contribution in [1.82, 2.24) is 9.55 Å². The van der Waals surface area contributed by atoms with Gasteiger partial charge in [0.25, 0.3) is 0 Å². The highest BCUT2D eigenvalue weighted by Crippen LogP contribution is 2.40. The van der Waals surface area contributed by atoms with Crippen molar-refractivity contribution in [2.75, 3.05) is 0 Å². The lowest BCUT2D eigenvalue weighted by atomic mass is 9.88. The van der Waals surface area contributed by atoms with E-state index < -0.39 is 0 Å². The second kappa shape index (κ2) is 10.1. The van der Waals surface area contributed by atoms with Crippen molar-refractivity contribution in [3.8, 4) is 28.2 Å². The van der Waals surface area contributed by atoms with E-state index in [4.69, 9.17) is 4.98 Å². The van der Waals surface area contributed by atoms with Crippen LogP contribution in [-0.2, 0) is 0 Å². The molecule has 6 aromatic carbocycles. The summed E-state index contributed by atoms with van der Waals surface area (Å²) in [7, 11) is 0. The molecule has 0 unspecified atom stereocenters. The first-order valence-electron chi connectivity index (χ1n) is 14.6. The maximum absolute atomic E-state index is 5.29. The van der Waals surface area contributed by atoms with E-state index in [0.29, 0.717) is 11.8 Å². The highest BCUT2D eigenvalue weighted by Gasteiger charge is 2.23. The van der Waals surface area contributed by atoms with E-state index in [2.05, 4.69) is 154 Å². The second-order valence-electron chi connectivity index (χ2n) is 11.7. The predicted octanol–water partition coefficient (Wildman–Crippen LogP) is 10.9. The number of benzene rings is 6. The summed E-state index contributed by atoms with van der Waals surface area (Å²) in [6.45, 7) is 9.22. The Labute approximate surface area is 241 Å². The summed E-state index contributed by atoms with van der Waals surface area (Å²) < 4.78 is 2.43. The number of nitrogens with zero attached hydrogens (tertiary/aromatic N) is 2. The molecule has 0 N–H and O–H groups in total. The number of fused-ring (bicyclic) bond motifs is 4. The minimum atomic E-state index is 0.334. The smallest absolute Gasteiger partial charge is 0.145 e. The lowest BCUT2D eigenvalue weighted by Gasteiger charge is -2.24. The van der Waals surface area contributed by atoms with Gasteiger partial charge in [-0.2, -0.15) is 0 Å². The van der Waals surface area contributed by atoms with Crippen molar-refractivity contribution in [2.24, 2.45) is 0 Å². The largest absolute Gasteiger partial charge is 0.292 e.